The first-order valence-electron chi connectivity index (χ1n) is 9.77. The summed E-state index contributed by atoms with van der Waals surface area (Å²) in [6, 6.07) is 13.4. The number of carboxylic acid groups (broad SMARTS) is 2. The van der Waals surface area contributed by atoms with Crippen LogP contribution in [0.3, 0.4) is 0 Å². The van der Waals surface area contributed by atoms with Crippen molar-refractivity contribution >= 4 is 40.7 Å². The van der Waals surface area contributed by atoms with Crippen LogP contribution in [0.15, 0.2) is 60.8 Å². The van der Waals surface area contributed by atoms with Gasteiger partial charge in [-0.15, -0.1) is 0 Å². The molecule has 1 fully saturated rings. The number of hydrogen-bond acceptors (Lipinski definition) is 8. The number of pyridine rings is 1. The number of nitrogens with zero attached hydrogens (tertiary/aromatic N) is 1. The van der Waals surface area contributed by atoms with Gasteiger partial charge in [-0.25, -0.2) is 14.6 Å². The number of carbonyl (C=O) groups is 4. The van der Waals surface area contributed by atoms with Crippen LogP contribution in [-0.2, 0) is 20.8 Å². The maximum Gasteiger partial charge on any atom is 0.328 e. The van der Waals surface area contributed by atoms with Crippen LogP contribution in [-0.4, -0.2) is 56.2 Å². The Hall–Kier alpha value is -3.86. The first kappa shape index (κ1) is 25.4. The number of anilines is 1. The minimum absolute atomic E-state index is 0.110. The summed E-state index contributed by atoms with van der Waals surface area (Å²) in [7, 11) is 0. The summed E-state index contributed by atoms with van der Waals surface area (Å²) >= 11 is 1.04. The summed E-state index contributed by atoms with van der Waals surface area (Å²) < 4.78 is 5.77. The van der Waals surface area contributed by atoms with Gasteiger partial charge in [-0.05, 0) is 43.2 Å². The second kappa shape index (κ2) is 12.9. The molecule has 0 bridgehead atoms. The summed E-state index contributed by atoms with van der Waals surface area (Å²) in [6.07, 6.45) is 3.38. The molecule has 2 aromatic rings. The number of nitrogens with one attached hydrogen (secondary N) is 2. The second-order valence-electron chi connectivity index (χ2n) is 6.81. The second-order valence-corrected chi connectivity index (χ2v) is 7.99. The molecule has 0 aliphatic carbocycles. The Morgan fingerprint density at radius 1 is 1.15 bits per heavy atom. The van der Waals surface area contributed by atoms with E-state index in [-0.39, 0.29) is 22.4 Å². The van der Waals surface area contributed by atoms with Crippen LogP contribution in [0.1, 0.15) is 12.5 Å². The number of carboxylic acids is 2. The Morgan fingerprint density at radius 3 is 2.33 bits per heavy atom. The van der Waals surface area contributed by atoms with Gasteiger partial charge in [0, 0.05) is 18.3 Å². The van der Waals surface area contributed by atoms with Crippen molar-refractivity contribution < 1.29 is 34.1 Å². The van der Waals surface area contributed by atoms with E-state index in [0.717, 1.165) is 28.9 Å². The Morgan fingerprint density at radius 2 is 1.82 bits per heavy atom. The largest absolute Gasteiger partial charge is 0.491 e. The van der Waals surface area contributed by atoms with Gasteiger partial charge in [0.05, 0.1) is 11.3 Å². The molecule has 0 saturated carbocycles. The van der Waals surface area contributed by atoms with E-state index in [1.54, 1.807) is 6.20 Å². The number of imide groups is 1. The average Bonchev–Trinajstić information content (AvgIpc) is 3.09. The highest BCUT2D eigenvalue weighted by Crippen LogP contribution is 2.24. The Bertz CT molecular complexity index is 981. The van der Waals surface area contributed by atoms with Crippen molar-refractivity contribution in [2.45, 2.75) is 24.6 Å². The van der Waals surface area contributed by atoms with Crippen LogP contribution >= 0.6 is 11.8 Å². The van der Waals surface area contributed by atoms with Gasteiger partial charge in [0.2, 0.25) is 5.91 Å². The molecule has 1 aliphatic heterocycles. The van der Waals surface area contributed by atoms with Crippen molar-refractivity contribution in [1.82, 2.24) is 10.3 Å². The van der Waals surface area contributed by atoms with Gasteiger partial charge in [-0.2, -0.15) is 0 Å². The molecule has 2 amide bonds. The first-order chi connectivity index (χ1) is 15.7. The third-order valence-electron chi connectivity index (χ3n) is 4.04. The van der Waals surface area contributed by atoms with Gasteiger partial charge in [-0.3, -0.25) is 14.9 Å². The van der Waals surface area contributed by atoms with Gasteiger partial charge < -0.3 is 20.3 Å². The number of aromatic nitrogens is 1. The number of aliphatic carboxylic acids is 2. The van der Waals surface area contributed by atoms with Gasteiger partial charge in [0.15, 0.2) is 0 Å². The van der Waals surface area contributed by atoms with Crippen LogP contribution in [0.25, 0.3) is 0 Å². The molecule has 1 aromatic heterocycles. The zero-order valence-corrected chi connectivity index (χ0v) is 18.5. The van der Waals surface area contributed by atoms with Gasteiger partial charge >= 0.3 is 11.9 Å². The Balaban J connectivity index is 0.000000414. The molecule has 11 heteroatoms. The molecule has 1 aliphatic rings. The molecule has 174 valence electrons. The number of amides is 2. The van der Waals surface area contributed by atoms with Crippen molar-refractivity contribution in [1.29, 1.82) is 0 Å². The molecule has 10 nitrogen and oxygen atoms in total. The predicted molar refractivity (Wildman–Crippen MR) is 122 cm³/mol. The quantitative estimate of drug-likeness (QED) is 0.399. The van der Waals surface area contributed by atoms with Crippen molar-refractivity contribution in [3.63, 3.8) is 0 Å². The molecular weight excluding hydrogens is 450 g/mol. The van der Waals surface area contributed by atoms with Crippen LogP contribution in [0.5, 0.6) is 5.75 Å². The summed E-state index contributed by atoms with van der Waals surface area (Å²) in [6.45, 7) is 2.53. The molecule has 0 spiro atoms. The van der Waals surface area contributed by atoms with Gasteiger partial charge in [-0.1, -0.05) is 30.0 Å². The molecule has 2 atom stereocenters. The molecule has 3 rings (SSSR count). The minimum Gasteiger partial charge on any atom is -0.491 e. The first-order valence-corrected chi connectivity index (χ1v) is 10.7. The lowest BCUT2D eigenvalue weighted by Gasteiger charge is -2.15. The molecular formula is C22H23N3O7S. The van der Waals surface area contributed by atoms with Gasteiger partial charge in [0.25, 0.3) is 5.24 Å². The summed E-state index contributed by atoms with van der Waals surface area (Å²) in [5.41, 5.74) is 0.995. The van der Waals surface area contributed by atoms with Gasteiger partial charge in [0.1, 0.15) is 18.2 Å². The zero-order valence-electron chi connectivity index (χ0n) is 17.6. The Labute approximate surface area is 194 Å². The number of rotatable bonds is 9. The number of hydrogen-bond donors (Lipinski definition) is 4. The molecule has 1 saturated heterocycles. The highest BCUT2D eigenvalue weighted by molar-refractivity contribution is 8.15. The van der Waals surface area contributed by atoms with E-state index in [1.807, 2.05) is 49.4 Å². The van der Waals surface area contributed by atoms with Crippen LogP contribution in [0.2, 0.25) is 0 Å². The lowest BCUT2D eigenvalue weighted by atomic mass is 10.1. The molecule has 4 N–H and O–H groups in total. The maximum absolute atomic E-state index is 11.6. The number of thioether (sulfide) groups is 1. The van der Waals surface area contributed by atoms with Crippen molar-refractivity contribution in [2.75, 3.05) is 11.9 Å². The molecule has 33 heavy (non-hydrogen) atoms. The van der Waals surface area contributed by atoms with E-state index in [1.165, 1.54) is 0 Å². The lowest BCUT2D eigenvalue weighted by molar-refractivity contribution is -0.134. The predicted octanol–water partition coefficient (Wildman–Crippen LogP) is 2.57. The summed E-state index contributed by atoms with van der Waals surface area (Å²) in [5, 5.41) is 20.6. The number of carbonyl (C=O) groups excluding carboxylic acids is 2. The monoisotopic (exact) mass is 473 g/mol. The zero-order chi connectivity index (χ0) is 24.2. The van der Waals surface area contributed by atoms with E-state index in [2.05, 4.69) is 15.6 Å². The summed E-state index contributed by atoms with van der Waals surface area (Å²) in [5.74, 6) is -1.15. The highest BCUT2D eigenvalue weighted by Gasteiger charge is 2.31. The van der Waals surface area contributed by atoms with E-state index in [9.17, 15) is 19.2 Å². The Kier molecular flexibility index (Phi) is 9.90. The smallest absolute Gasteiger partial charge is 0.328 e. The number of benzene rings is 1. The maximum atomic E-state index is 11.6. The van der Waals surface area contributed by atoms with Crippen LogP contribution in [0, 0.1) is 0 Å². The number of ether oxygens (including phenoxy) is 1. The molecule has 2 unspecified atom stereocenters. The minimum atomic E-state index is -1.26. The third kappa shape index (κ3) is 9.87. The van der Waals surface area contributed by atoms with E-state index < -0.39 is 11.9 Å². The lowest BCUT2D eigenvalue weighted by Crippen LogP contribution is -2.25. The van der Waals surface area contributed by atoms with Crippen LogP contribution in [0.4, 0.5) is 10.6 Å². The summed E-state index contributed by atoms with van der Waals surface area (Å²) in [4.78, 5) is 46.1. The standard InChI is InChI=1S/C18H19N3O3S.C4H4O4/c1-12(20-16-4-2-3-9-19-16)11-24-14-7-5-13(6-8-14)10-15-17(22)21-18(23)25-15;5-3(6)1-2-4(7)8/h2-9,12,15H,10-11H2,1H3,(H,19,20)(H,21,22,23);1-2H,(H,5,6)(H,7,8)/b;2-1-. The van der Waals surface area contributed by atoms with Crippen molar-refractivity contribution in [3.8, 4) is 5.75 Å². The molecule has 2 heterocycles. The average molecular weight is 474 g/mol. The topological polar surface area (TPSA) is 155 Å². The van der Waals surface area contributed by atoms with E-state index in [4.69, 9.17) is 14.9 Å². The fraction of sp³-hybridized carbons (Fsp3) is 0.227. The molecule has 1 aromatic carbocycles. The fourth-order valence-electron chi connectivity index (χ4n) is 2.57. The fourth-order valence-corrected chi connectivity index (χ4v) is 3.43. The molecule has 0 radical (unpaired) electrons. The normalized spacial score (nSPS) is 15.8. The highest BCUT2D eigenvalue weighted by atomic mass is 32.2. The van der Waals surface area contributed by atoms with E-state index >= 15 is 0 Å². The van der Waals surface area contributed by atoms with Crippen molar-refractivity contribution in [2.24, 2.45) is 0 Å². The van der Waals surface area contributed by atoms with E-state index in [0.29, 0.717) is 25.2 Å². The SMILES string of the molecule is CC(COc1ccc(CC2SC(=O)NC2=O)cc1)Nc1ccccn1.O=C(O)/C=C\C(=O)O. The van der Waals surface area contributed by atoms with Crippen LogP contribution < -0.4 is 15.4 Å². The van der Waals surface area contributed by atoms with Crippen molar-refractivity contribution in [3.05, 3.63) is 66.4 Å². The third-order valence-corrected chi connectivity index (χ3v) is 5.02.